The lowest BCUT2D eigenvalue weighted by Gasteiger charge is -2.09. The van der Waals surface area contributed by atoms with E-state index in [1.807, 2.05) is 0 Å². The standard InChI is InChI=1S/C10H13F3N4O/c11-10(12,13)2-1-3-16-8-4-6(9(15)18)7(14)5-17-8/h4-5H,1-3,14H2,(H2,15,18)(H,16,17). The number of anilines is 2. The molecular formula is C10H13F3N4O. The molecule has 0 bridgehead atoms. The fraction of sp³-hybridized carbons (Fsp3) is 0.400. The summed E-state index contributed by atoms with van der Waals surface area (Å²) in [6.07, 6.45) is -3.90. The number of nitrogens with zero attached hydrogens (tertiary/aromatic N) is 1. The molecule has 1 aromatic heterocycles. The van der Waals surface area contributed by atoms with Crippen molar-refractivity contribution in [1.82, 2.24) is 4.98 Å². The Kier molecular flexibility index (Phi) is 4.35. The molecule has 5 nitrogen and oxygen atoms in total. The summed E-state index contributed by atoms with van der Waals surface area (Å²) in [5.74, 6) is -0.451. The number of pyridine rings is 1. The van der Waals surface area contributed by atoms with Crippen molar-refractivity contribution < 1.29 is 18.0 Å². The molecular weight excluding hydrogens is 249 g/mol. The number of nitrogen functional groups attached to an aromatic ring is 1. The molecule has 0 saturated heterocycles. The van der Waals surface area contributed by atoms with Crippen LogP contribution in [0.1, 0.15) is 23.2 Å². The van der Waals surface area contributed by atoms with Crippen LogP contribution in [0.2, 0.25) is 0 Å². The van der Waals surface area contributed by atoms with Gasteiger partial charge < -0.3 is 16.8 Å². The number of amides is 1. The van der Waals surface area contributed by atoms with Gasteiger partial charge in [0.2, 0.25) is 0 Å². The van der Waals surface area contributed by atoms with E-state index in [9.17, 15) is 18.0 Å². The zero-order valence-electron chi connectivity index (χ0n) is 9.42. The fourth-order valence-corrected chi connectivity index (χ4v) is 1.28. The van der Waals surface area contributed by atoms with Gasteiger partial charge in [-0.3, -0.25) is 4.79 Å². The van der Waals surface area contributed by atoms with E-state index in [2.05, 4.69) is 10.3 Å². The van der Waals surface area contributed by atoms with Gasteiger partial charge in [0.05, 0.1) is 17.4 Å². The molecule has 1 aromatic rings. The third-order valence-corrected chi connectivity index (χ3v) is 2.14. The molecule has 8 heteroatoms. The van der Waals surface area contributed by atoms with Gasteiger partial charge in [0, 0.05) is 13.0 Å². The van der Waals surface area contributed by atoms with Crippen molar-refractivity contribution in [2.75, 3.05) is 17.6 Å². The van der Waals surface area contributed by atoms with Gasteiger partial charge in [0.15, 0.2) is 0 Å². The van der Waals surface area contributed by atoms with Gasteiger partial charge in [-0.1, -0.05) is 0 Å². The number of carbonyl (C=O) groups excluding carboxylic acids is 1. The maximum Gasteiger partial charge on any atom is 0.389 e. The van der Waals surface area contributed by atoms with E-state index in [1.165, 1.54) is 12.3 Å². The molecule has 0 aliphatic heterocycles. The number of aromatic nitrogens is 1. The van der Waals surface area contributed by atoms with Crippen LogP contribution in [-0.2, 0) is 0 Å². The number of hydrogen-bond donors (Lipinski definition) is 3. The number of halogens is 3. The Morgan fingerprint density at radius 3 is 2.67 bits per heavy atom. The third-order valence-electron chi connectivity index (χ3n) is 2.14. The molecule has 1 amide bonds. The summed E-state index contributed by atoms with van der Waals surface area (Å²) in [5, 5.41) is 2.67. The van der Waals surface area contributed by atoms with E-state index >= 15 is 0 Å². The maximum absolute atomic E-state index is 11.9. The van der Waals surface area contributed by atoms with E-state index in [4.69, 9.17) is 11.5 Å². The van der Waals surface area contributed by atoms with Crippen LogP contribution in [0.25, 0.3) is 0 Å². The molecule has 100 valence electrons. The number of nitrogens with one attached hydrogen (secondary N) is 1. The monoisotopic (exact) mass is 262 g/mol. The molecule has 0 aromatic carbocycles. The Bertz CT molecular complexity index is 434. The summed E-state index contributed by atoms with van der Waals surface area (Å²) >= 11 is 0. The van der Waals surface area contributed by atoms with Crippen LogP contribution in [0.5, 0.6) is 0 Å². The molecule has 0 atom stereocenters. The SMILES string of the molecule is NC(=O)c1cc(NCCCC(F)(F)F)ncc1N. The second-order valence-corrected chi connectivity index (χ2v) is 3.67. The van der Waals surface area contributed by atoms with Crippen molar-refractivity contribution in [1.29, 1.82) is 0 Å². The van der Waals surface area contributed by atoms with Crippen molar-refractivity contribution in [3.8, 4) is 0 Å². The molecule has 0 aliphatic carbocycles. The average Bonchev–Trinajstić information content (AvgIpc) is 2.24. The topological polar surface area (TPSA) is 94.0 Å². The Labute approximate surface area is 101 Å². The molecule has 0 spiro atoms. The predicted molar refractivity (Wildman–Crippen MR) is 60.9 cm³/mol. The van der Waals surface area contributed by atoms with Crippen LogP contribution in [0.3, 0.4) is 0 Å². The van der Waals surface area contributed by atoms with E-state index in [1.54, 1.807) is 0 Å². The number of nitrogens with two attached hydrogens (primary N) is 2. The highest BCUT2D eigenvalue weighted by atomic mass is 19.4. The number of primary amides is 1. The number of hydrogen-bond acceptors (Lipinski definition) is 4. The molecule has 1 heterocycles. The van der Waals surface area contributed by atoms with Gasteiger partial charge in [-0.05, 0) is 12.5 Å². The second-order valence-electron chi connectivity index (χ2n) is 3.67. The minimum atomic E-state index is -4.17. The molecule has 0 unspecified atom stereocenters. The first-order valence-electron chi connectivity index (χ1n) is 5.15. The minimum absolute atomic E-state index is 0.0819. The highest BCUT2D eigenvalue weighted by Gasteiger charge is 2.25. The molecule has 18 heavy (non-hydrogen) atoms. The first kappa shape index (κ1) is 14.1. The van der Waals surface area contributed by atoms with Crippen molar-refractivity contribution in [3.05, 3.63) is 17.8 Å². The van der Waals surface area contributed by atoms with Gasteiger partial charge in [-0.15, -0.1) is 0 Å². The fourth-order valence-electron chi connectivity index (χ4n) is 1.28. The van der Waals surface area contributed by atoms with E-state index in [0.29, 0.717) is 0 Å². The highest BCUT2D eigenvalue weighted by Crippen LogP contribution is 2.21. The summed E-state index contributed by atoms with van der Waals surface area (Å²) in [4.78, 5) is 14.8. The number of alkyl halides is 3. The lowest BCUT2D eigenvalue weighted by atomic mass is 10.2. The van der Waals surface area contributed by atoms with E-state index in [0.717, 1.165) is 0 Å². The molecule has 0 fully saturated rings. The molecule has 0 aliphatic rings. The van der Waals surface area contributed by atoms with Crippen molar-refractivity contribution in [2.45, 2.75) is 19.0 Å². The maximum atomic E-state index is 11.9. The highest BCUT2D eigenvalue weighted by molar-refractivity contribution is 5.98. The van der Waals surface area contributed by atoms with E-state index < -0.39 is 18.5 Å². The van der Waals surface area contributed by atoms with Crippen LogP contribution in [-0.4, -0.2) is 23.6 Å². The molecule has 0 radical (unpaired) electrons. The van der Waals surface area contributed by atoms with Crippen molar-refractivity contribution >= 4 is 17.4 Å². The summed E-state index contributed by atoms with van der Waals surface area (Å²) in [5.41, 5.74) is 10.7. The van der Waals surface area contributed by atoms with Gasteiger partial charge in [-0.2, -0.15) is 13.2 Å². The second kappa shape index (κ2) is 5.56. The van der Waals surface area contributed by atoms with Crippen LogP contribution >= 0.6 is 0 Å². The van der Waals surface area contributed by atoms with Crippen molar-refractivity contribution in [3.63, 3.8) is 0 Å². The Morgan fingerprint density at radius 1 is 1.44 bits per heavy atom. The first-order chi connectivity index (χ1) is 8.29. The Hall–Kier alpha value is -1.99. The van der Waals surface area contributed by atoms with E-state index in [-0.39, 0.29) is 30.0 Å². The predicted octanol–water partition coefficient (Wildman–Crippen LogP) is 1.52. The summed E-state index contributed by atoms with van der Waals surface area (Å²) in [7, 11) is 0. The zero-order valence-corrected chi connectivity index (χ0v) is 9.42. The minimum Gasteiger partial charge on any atom is -0.397 e. The van der Waals surface area contributed by atoms with Crippen LogP contribution in [0, 0.1) is 0 Å². The van der Waals surface area contributed by atoms with Gasteiger partial charge in [-0.25, -0.2) is 4.98 Å². The van der Waals surface area contributed by atoms with Crippen LogP contribution in [0.4, 0.5) is 24.7 Å². The molecule has 1 rings (SSSR count). The summed E-state index contributed by atoms with van der Waals surface area (Å²) in [6, 6.07) is 1.31. The van der Waals surface area contributed by atoms with Gasteiger partial charge in [0.1, 0.15) is 5.82 Å². The number of rotatable bonds is 5. The normalized spacial score (nSPS) is 11.3. The molecule has 0 saturated carbocycles. The smallest absolute Gasteiger partial charge is 0.389 e. The average molecular weight is 262 g/mol. The number of carbonyl (C=O) groups is 1. The van der Waals surface area contributed by atoms with Crippen LogP contribution < -0.4 is 16.8 Å². The lowest BCUT2D eigenvalue weighted by molar-refractivity contribution is -0.134. The summed E-state index contributed by atoms with van der Waals surface area (Å²) in [6.45, 7) is 0.0919. The van der Waals surface area contributed by atoms with Gasteiger partial charge >= 0.3 is 6.18 Å². The molecule has 5 N–H and O–H groups in total. The first-order valence-corrected chi connectivity index (χ1v) is 5.15. The van der Waals surface area contributed by atoms with Gasteiger partial charge in [0.25, 0.3) is 5.91 Å². The van der Waals surface area contributed by atoms with Crippen LogP contribution in [0.15, 0.2) is 12.3 Å². The largest absolute Gasteiger partial charge is 0.397 e. The lowest BCUT2D eigenvalue weighted by Crippen LogP contribution is -2.15. The quantitative estimate of drug-likeness (QED) is 0.701. The zero-order chi connectivity index (χ0) is 13.8. The third kappa shape index (κ3) is 4.48. The Morgan fingerprint density at radius 2 is 2.11 bits per heavy atom. The Balaban J connectivity index is 2.53. The van der Waals surface area contributed by atoms with Crippen molar-refractivity contribution in [2.24, 2.45) is 5.73 Å². The summed E-state index contributed by atoms with van der Waals surface area (Å²) < 4.78 is 35.6.